The van der Waals surface area contributed by atoms with Gasteiger partial charge in [0.05, 0.1) is 0 Å². The maximum atomic E-state index is 10.8. The van der Waals surface area contributed by atoms with E-state index < -0.39 is 12.0 Å². The van der Waals surface area contributed by atoms with Gasteiger partial charge in [-0.1, -0.05) is 28.1 Å². The number of aliphatic carboxylic acids is 1. The van der Waals surface area contributed by atoms with Crippen molar-refractivity contribution in [3.63, 3.8) is 0 Å². The van der Waals surface area contributed by atoms with Crippen LogP contribution in [0.15, 0.2) is 22.7 Å². The van der Waals surface area contributed by atoms with Crippen LogP contribution in [-0.4, -0.2) is 11.1 Å². The van der Waals surface area contributed by atoms with E-state index >= 15 is 0 Å². The highest BCUT2D eigenvalue weighted by atomic mass is 79.9. The highest BCUT2D eigenvalue weighted by molar-refractivity contribution is 9.10. The molecule has 0 amide bonds. The number of halogens is 1. The van der Waals surface area contributed by atoms with Crippen molar-refractivity contribution in [2.45, 2.75) is 12.6 Å². The molecule has 0 fully saturated rings. The van der Waals surface area contributed by atoms with Crippen LogP contribution in [0, 0.1) is 0 Å². The molecule has 2 N–H and O–H groups in total. The Morgan fingerprint density at radius 2 is 2.38 bits per heavy atom. The summed E-state index contributed by atoms with van der Waals surface area (Å²) in [6.07, 6.45) is 0. The van der Waals surface area contributed by atoms with E-state index in [2.05, 4.69) is 21.2 Å². The van der Waals surface area contributed by atoms with Crippen LogP contribution in [0.3, 0.4) is 0 Å². The summed E-state index contributed by atoms with van der Waals surface area (Å²) >= 11 is 3.35. The summed E-state index contributed by atoms with van der Waals surface area (Å²) in [5.74, 6) is -0.828. The Bertz CT molecular complexity index is 365. The number of carbonyl (C=O) groups is 1. The standard InChI is InChI=1S/C9H8BrNO2/c10-6-3-1-2-5-4-11-8(7(5)6)9(12)13/h1-3,8,11H,4H2,(H,12,13)/t8-/m1/s1. The average molecular weight is 242 g/mol. The summed E-state index contributed by atoms with van der Waals surface area (Å²) in [6.45, 7) is 0.631. The summed E-state index contributed by atoms with van der Waals surface area (Å²) < 4.78 is 0.863. The first kappa shape index (κ1) is 8.72. The normalized spacial score (nSPS) is 19.9. The van der Waals surface area contributed by atoms with Gasteiger partial charge in [0, 0.05) is 11.0 Å². The number of carboxylic acids is 1. The Hall–Kier alpha value is -0.870. The van der Waals surface area contributed by atoms with E-state index in [4.69, 9.17) is 5.11 Å². The summed E-state index contributed by atoms with van der Waals surface area (Å²) in [5.41, 5.74) is 1.91. The predicted molar refractivity (Wildman–Crippen MR) is 51.4 cm³/mol. The maximum Gasteiger partial charge on any atom is 0.325 e. The van der Waals surface area contributed by atoms with Crippen LogP contribution < -0.4 is 5.32 Å². The van der Waals surface area contributed by atoms with Gasteiger partial charge >= 0.3 is 5.97 Å². The summed E-state index contributed by atoms with van der Waals surface area (Å²) in [6, 6.07) is 5.15. The minimum absolute atomic E-state index is 0.564. The Morgan fingerprint density at radius 3 is 3.08 bits per heavy atom. The Kier molecular flexibility index (Phi) is 2.09. The van der Waals surface area contributed by atoms with Gasteiger partial charge in [-0.3, -0.25) is 10.1 Å². The molecule has 3 nitrogen and oxygen atoms in total. The van der Waals surface area contributed by atoms with Crippen molar-refractivity contribution in [1.82, 2.24) is 5.32 Å². The Balaban J connectivity index is 2.52. The molecule has 13 heavy (non-hydrogen) atoms. The third kappa shape index (κ3) is 1.36. The van der Waals surface area contributed by atoms with Gasteiger partial charge < -0.3 is 5.11 Å². The highest BCUT2D eigenvalue weighted by Crippen LogP contribution is 2.31. The second-order valence-electron chi connectivity index (χ2n) is 2.96. The van der Waals surface area contributed by atoms with Crippen LogP contribution in [0.25, 0.3) is 0 Å². The molecular weight excluding hydrogens is 234 g/mol. The van der Waals surface area contributed by atoms with E-state index in [9.17, 15) is 4.79 Å². The van der Waals surface area contributed by atoms with E-state index in [1.54, 1.807) is 0 Å². The van der Waals surface area contributed by atoms with Gasteiger partial charge in [0.2, 0.25) is 0 Å². The van der Waals surface area contributed by atoms with Gasteiger partial charge in [0.1, 0.15) is 6.04 Å². The van der Waals surface area contributed by atoms with E-state index in [1.807, 2.05) is 18.2 Å². The van der Waals surface area contributed by atoms with E-state index in [1.165, 1.54) is 0 Å². The first-order valence-electron chi connectivity index (χ1n) is 3.93. The molecule has 1 aromatic carbocycles. The van der Waals surface area contributed by atoms with Crippen molar-refractivity contribution >= 4 is 21.9 Å². The van der Waals surface area contributed by atoms with E-state index in [0.29, 0.717) is 6.54 Å². The molecule has 2 rings (SSSR count). The SMILES string of the molecule is O=C(O)[C@@H]1NCc2cccc(Br)c21. The van der Waals surface area contributed by atoms with Crippen molar-refractivity contribution in [2.75, 3.05) is 0 Å². The second-order valence-corrected chi connectivity index (χ2v) is 3.82. The fraction of sp³-hybridized carbons (Fsp3) is 0.222. The van der Waals surface area contributed by atoms with Crippen LogP contribution in [0.5, 0.6) is 0 Å². The maximum absolute atomic E-state index is 10.8. The van der Waals surface area contributed by atoms with Gasteiger partial charge in [-0.25, -0.2) is 0 Å². The third-order valence-corrected chi connectivity index (χ3v) is 2.87. The Morgan fingerprint density at radius 1 is 1.62 bits per heavy atom. The molecule has 0 spiro atoms. The summed E-state index contributed by atoms with van der Waals surface area (Å²) in [5, 5.41) is 11.8. The first-order valence-corrected chi connectivity index (χ1v) is 4.73. The molecule has 0 radical (unpaired) electrons. The summed E-state index contributed by atoms with van der Waals surface area (Å²) in [7, 11) is 0. The predicted octanol–water partition coefficient (Wildman–Crippen LogP) is 1.68. The molecule has 1 aliphatic rings. The molecule has 0 aliphatic carbocycles. The van der Waals surface area contributed by atoms with E-state index in [-0.39, 0.29) is 0 Å². The minimum atomic E-state index is -0.828. The minimum Gasteiger partial charge on any atom is -0.480 e. The molecule has 0 bridgehead atoms. The monoisotopic (exact) mass is 241 g/mol. The number of rotatable bonds is 1. The van der Waals surface area contributed by atoms with Crippen molar-refractivity contribution in [3.8, 4) is 0 Å². The van der Waals surface area contributed by atoms with Gasteiger partial charge in [0.15, 0.2) is 0 Å². The lowest BCUT2D eigenvalue weighted by Crippen LogP contribution is -2.21. The Labute approximate surface area is 83.9 Å². The molecule has 0 saturated carbocycles. The largest absolute Gasteiger partial charge is 0.480 e. The van der Waals surface area contributed by atoms with E-state index in [0.717, 1.165) is 15.6 Å². The van der Waals surface area contributed by atoms with Crippen LogP contribution in [-0.2, 0) is 11.3 Å². The topological polar surface area (TPSA) is 49.3 Å². The molecule has 1 aromatic rings. The second kappa shape index (κ2) is 3.12. The fourth-order valence-electron chi connectivity index (χ4n) is 1.58. The molecule has 0 aromatic heterocycles. The van der Waals surface area contributed by atoms with Gasteiger partial charge in [-0.05, 0) is 17.2 Å². The smallest absolute Gasteiger partial charge is 0.325 e. The fourth-order valence-corrected chi connectivity index (χ4v) is 2.22. The van der Waals surface area contributed by atoms with Gasteiger partial charge in [-0.15, -0.1) is 0 Å². The van der Waals surface area contributed by atoms with Crippen LogP contribution in [0.4, 0.5) is 0 Å². The molecule has 4 heteroatoms. The zero-order valence-corrected chi connectivity index (χ0v) is 8.34. The van der Waals surface area contributed by atoms with Crippen molar-refractivity contribution < 1.29 is 9.90 Å². The number of nitrogens with one attached hydrogen (secondary N) is 1. The molecule has 0 saturated heterocycles. The van der Waals surface area contributed by atoms with Crippen molar-refractivity contribution in [1.29, 1.82) is 0 Å². The number of benzene rings is 1. The third-order valence-electron chi connectivity index (χ3n) is 2.18. The lowest BCUT2D eigenvalue weighted by Gasteiger charge is -2.07. The van der Waals surface area contributed by atoms with Crippen LogP contribution in [0.2, 0.25) is 0 Å². The number of hydrogen-bond donors (Lipinski definition) is 2. The highest BCUT2D eigenvalue weighted by Gasteiger charge is 2.29. The number of fused-ring (bicyclic) bond motifs is 1. The summed E-state index contributed by atoms with van der Waals surface area (Å²) in [4.78, 5) is 10.8. The van der Waals surface area contributed by atoms with Crippen molar-refractivity contribution in [2.24, 2.45) is 0 Å². The van der Waals surface area contributed by atoms with Crippen LogP contribution >= 0.6 is 15.9 Å². The number of hydrogen-bond acceptors (Lipinski definition) is 2. The zero-order chi connectivity index (χ0) is 9.42. The average Bonchev–Trinajstić information content (AvgIpc) is 2.49. The van der Waals surface area contributed by atoms with Crippen LogP contribution in [0.1, 0.15) is 17.2 Å². The quantitative estimate of drug-likeness (QED) is 0.787. The lowest BCUT2D eigenvalue weighted by atomic mass is 10.1. The lowest BCUT2D eigenvalue weighted by molar-refractivity contribution is -0.139. The molecule has 1 heterocycles. The van der Waals surface area contributed by atoms with Crippen molar-refractivity contribution in [3.05, 3.63) is 33.8 Å². The first-order chi connectivity index (χ1) is 6.20. The molecular formula is C9H8BrNO2. The zero-order valence-electron chi connectivity index (χ0n) is 6.75. The molecule has 1 atom stereocenters. The van der Waals surface area contributed by atoms with Gasteiger partial charge in [0.25, 0.3) is 0 Å². The number of carboxylic acid groups (broad SMARTS) is 1. The molecule has 1 aliphatic heterocycles. The van der Waals surface area contributed by atoms with Gasteiger partial charge in [-0.2, -0.15) is 0 Å². The molecule has 68 valence electrons. The molecule has 0 unspecified atom stereocenters.